The third-order valence-corrected chi connectivity index (χ3v) is 13.3. The Morgan fingerprint density at radius 2 is 0.615 bits per heavy atom. The number of para-hydroxylation sites is 3. The van der Waals surface area contributed by atoms with Gasteiger partial charge >= 0.3 is 0 Å². The van der Waals surface area contributed by atoms with E-state index in [1.807, 2.05) is 0 Å². The number of anilines is 3. The number of aromatic nitrogens is 2. The molecule has 0 unspecified atom stereocenters. The lowest BCUT2D eigenvalue weighted by Gasteiger charge is -2.26. The SMILES string of the molecule is c1ccc(N(c2ccc(-c3cccc4c3c3c5ccccc5ccc3n4-c3ccccc3)cc2)c2ccc(-c3cccc4c3c3c5ccccc5ccc3n4-c3ccccc3)cc2)cc1. The Kier molecular flexibility index (Phi) is 8.53. The molecule has 0 aliphatic heterocycles. The molecule has 11 aromatic carbocycles. The van der Waals surface area contributed by atoms with Crippen molar-refractivity contribution in [1.82, 2.24) is 9.13 Å². The summed E-state index contributed by atoms with van der Waals surface area (Å²) in [6.45, 7) is 0. The van der Waals surface area contributed by atoms with E-state index in [1.54, 1.807) is 0 Å². The van der Waals surface area contributed by atoms with E-state index in [4.69, 9.17) is 0 Å². The topological polar surface area (TPSA) is 13.1 Å². The molecule has 0 N–H and O–H groups in total. The molecule has 13 rings (SSSR count). The lowest BCUT2D eigenvalue weighted by molar-refractivity contribution is 1.18. The van der Waals surface area contributed by atoms with E-state index >= 15 is 0 Å². The number of hydrogen-bond donors (Lipinski definition) is 0. The molecule has 65 heavy (non-hydrogen) atoms. The Morgan fingerprint density at radius 3 is 1.06 bits per heavy atom. The number of nitrogens with zero attached hydrogens (tertiary/aromatic N) is 3. The van der Waals surface area contributed by atoms with E-state index in [0.29, 0.717) is 0 Å². The summed E-state index contributed by atoms with van der Waals surface area (Å²) in [6.07, 6.45) is 0. The van der Waals surface area contributed by atoms with Gasteiger partial charge in [-0.05, 0) is 129 Å². The van der Waals surface area contributed by atoms with Crippen LogP contribution in [0.1, 0.15) is 0 Å². The molecule has 0 amide bonds. The smallest absolute Gasteiger partial charge is 0.0547 e. The molecule has 2 heterocycles. The molecule has 0 spiro atoms. The minimum Gasteiger partial charge on any atom is -0.311 e. The molecule has 0 saturated carbocycles. The van der Waals surface area contributed by atoms with Crippen LogP contribution in [0.5, 0.6) is 0 Å². The van der Waals surface area contributed by atoms with Crippen LogP contribution in [0.4, 0.5) is 17.1 Å². The Morgan fingerprint density at radius 1 is 0.246 bits per heavy atom. The average molecular weight is 828 g/mol. The highest BCUT2D eigenvalue weighted by atomic mass is 15.1. The van der Waals surface area contributed by atoms with Crippen molar-refractivity contribution in [2.75, 3.05) is 4.90 Å². The summed E-state index contributed by atoms with van der Waals surface area (Å²) in [5.74, 6) is 0. The fraction of sp³-hybridized carbons (Fsp3) is 0. The zero-order valence-electron chi connectivity index (χ0n) is 35.5. The van der Waals surface area contributed by atoms with Crippen LogP contribution in [0, 0.1) is 0 Å². The second-order valence-corrected chi connectivity index (χ2v) is 16.9. The van der Waals surface area contributed by atoms with E-state index in [1.165, 1.54) is 87.4 Å². The van der Waals surface area contributed by atoms with Crippen molar-refractivity contribution < 1.29 is 0 Å². The molecule has 0 aliphatic rings. The maximum Gasteiger partial charge on any atom is 0.0547 e. The van der Waals surface area contributed by atoms with Gasteiger partial charge in [0.2, 0.25) is 0 Å². The summed E-state index contributed by atoms with van der Waals surface area (Å²) in [6, 6.07) is 90.5. The van der Waals surface area contributed by atoms with E-state index in [-0.39, 0.29) is 0 Å². The van der Waals surface area contributed by atoms with Gasteiger partial charge in [0.15, 0.2) is 0 Å². The predicted octanol–water partition coefficient (Wildman–Crippen LogP) is 17.0. The Balaban J connectivity index is 0.941. The van der Waals surface area contributed by atoms with Gasteiger partial charge in [0.05, 0.1) is 22.1 Å². The first-order valence-corrected chi connectivity index (χ1v) is 22.4. The van der Waals surface area contributed by atoms with Crippen molar-refractivity contribution in [2.24, 2.45) is 0 Å². The molecule has 3 heteroatoms. The van der Waals surface area contributed by atoms with Crippen molar-refractivity contribution in [2.45, 2.75) is 0 Å². The van der Waals surface area contributed by atoms with Crippen LogP contribution in [0.15, 0.2) is 249 Å². The van der Waals surface area contributed by atoms with Crippen molar-refractivity contribution in [3.8, 4) is 33.6 Å². The molecule has 0 radical (unpaired) electrons. The normalized spacial score (nSPS) is 11.7. The van der Waals surface area contributed by atoms with Crippen molar-refractivity contribution >= 4 is 82.2 Å². The van der Waals surface area contributed by atoms with Crippen LogP contribution in [-0.4, -0.2) is 9.13 Å². The van der Waals surface area contributed by atoms with E-state index in [9.17, 15) is 0 Å². The van der Waals surface area contributed by atoms with Crippen LogP contribution >= 0.6 is 0 Å². The predicted molar refractivity (Wildman–Crippen MR) is 276 cm³/mol. The number of benzene rings is 11. The molecular formula is C62H41N3. The van der Waals surface area contributed by atoms with Crippen LogP contribution < -0.4 is 4.90 Å². The van der Waals surface area contributed by atoms with Gasteiger partial charge in [-0.3, -0.25) is 0 Å². The molecule has 0 atom stereocenters. The van der Waals surface area contributed by atoms with Crippen LogP contribution in [0.25, 0.3) is 98.8 Å². The lowest BCUT2D eigenvalue weighted by Crippen LogP contribution is -2.09. The molecule has 3 nitrogen and oxygen atoms in total. The molecule has 0 saturated heterocycles. The van der Waals surface area contributed by atoms with Crippen molar-refractivity contribution in [1.29, 1.82) is 0 Å². The first kappa shape index (κ1) is 36.9. The number of rotatable bonds is 7. The highest BCUT2D eigenvalue weighted by Gasteiger charge is 2.21. The van der Waals surface area contributed by atoms with Gasteiger partial charge in [-0.1, -0.05) is 164 Å². The number of hydrogen-bond acceptors (Lipinski definition) is 1. The molecule has 0 bridgehead atoms. The summed E-state index contributed by atoms with van der Waals surface area (Å²) in [7, 11) is 0. The van der Waals surface area contributed by atoms with Gasteiger partial charge in [0.1, 0.15) is 0 Å². The van der Waals surface area contributed by atoms with Crippen molar-refractivity contribution in [3.05, 3.63) is 249 Å². The standard InChI is InChI=1S/C62H41N3/c1-4-18-46(19-5-1)63(49-36-30-44(31-37-49)53-26-14-28-55-59(53)61-51-24-12-10-16-42(51)34-40-57(61)64(55)47-20-6-2-7-21-47)50-38-32-45(33-39-50)54-27-15-29-56-60(54)62-52-25-13-11-17-43(52)35-41-58(62)65(56)48-22-8-3-9-23-48/h1-41H. The first-order valence-electron chi connectivity index (χ1n) is 22.4. The molecule has 13 aromatic rings. The highest BCUT2D eigenvalue weighted by molar-refractivity contribution is 6.26. The second-order valence-electron chi connectivity index (χ2n) is 16.9. The minimum absolute atomic E-state index is 1.09. The second kappa shape index (κ2) is 15.0. The Hall–Kier alpha value is -8.66. The largest absolute Gasteiger partial charge is 0.311 e. The molecular weight excluding hydrogens is 787 g/mol. The molecule has 2 aromatic heterocycles. The van der Waals surface area contributed by atoms with Crippen LogP contribution in [-0.2, 0) is 0 Å². The van der Waals surface area contributed by atoms with Gasteiger partial charge in [-0.25, -0.2) is 0 Å². The van der Waals surface area contributed by atoms with Gasteiger partial charge in [-0.15, -0.1) is 0 Å². The molecule has 0 fully saturated rings. The van der Waals surface area contributed by atoms with Crippen molar-refractivity contribution in [3.63, 3.8) is 0 Å². The van der Waals surface area contributed by atoms with Gasteiger partial charge < -0.3 is 14.0 Å². The summed E-state index contributed by atoms with van der Waals surface area (Å²) >= 11 is 0. The third-order valence-electron chi connectivity index (χ3n) is 13.3. The fourth-order valence-corrected chi connectivity index (χ4v) is 10.5. The monoisotopic (exact) mass is 827 g/mol. The summed E-state index contributed by atoms with van der Waals surface area (Å²) in [5, 5.41) is 10.1. The van der Waals surface area contributed by atoms with Gasteiger partial charge in [0.25, 0.3) is 0 Å². The molecule has 304 valence electrons. The quantitative estimate of drug-likeness (QED) is 0.156. The zero-order valence-corrected chi connectivity index (χ0v) is 35.5. The summed E-state index contributed by atoms with van der Waals surface area (Å²) < 4.78 is 4.83. The Bertz CT molecular complexity index is 3660. The van der Waals surface area contributed by atoms with E-state index in [2.05, 4.69) is 263 Å². The van der Waals surface area contributed by atoms with Crippen LogP contribution in [0.2, 0.25) is 0 Å². The summed E-state index contributed by atoms with van der Waals surface area (Å²) in [4.78, 5) is 2.36. The molecule has 0 aliphatic carbocycles. The Labute approximate surface area is 376 Å². The average Bonchev–Trinajstić information content (AvgIpc) is 3.92. The van der Waals surface area contributed by atoms with Gasteiger partial charge in [0, 0.05) is 50.0 Å². The van der Waals surface area contributed by atoms with E-state index < -0.39 is 0 Å². The summed E-state index contributed by atoms with van der Waals surface area (Å²) in [5.41, 5.74) is 15.2. The maximum absolute atomic E-state index is 2.42. The minimum atomic E-state index is 1.09. The zero-order chi connectivity index (χ0) is 42.8. The lowest BCUT2D eigenvalue weighted by atomic mass is 9.96. The van der Waals surface area contributed by atoms with E-state index in [0.717, 1.165) is 28.4 Å². The fourth-order valence-electron chi connectivity index (χ4n) is 10.5. The maximum atomic E-state index is 2.42. The highest BCUT2D eigenvalue weighted by Crippen LogP contribution is 2.45. The number of fused-ring (bicyclic) bond motifs is 10. The van der Waals surface area contributed by atoms with Crippen LogP contribution in [0.3, 0.4) is 0 Å². The van der Waals surface area contributed by atoms with Gasteiger partial charge in [-0.2, -0.15) is 0 Å². The first-order chi connectivity index (χ1) is 32.3. The third kappa shape index (κ3) is 5.90.